The lowest BCUT2D eigenvalue weighted by molar-refractivity contribution is -0.384. The number of carbonyl (C=O) groups excluding carboxylic acids is 2. The fourth-order valence-electron chi connectivity index (χ4n) is 3.77. The van der Waals surface area contributed by atoms with Crippen molar-refractivity contribution in [3.05, 3.63) is 100 Å². The van der Waals surface area contributed by atoms with Crippen LogP contribution in [0.15, 0.2) is 78.9 Å². The molecule has 1 fully saturated rings. The standard InChI is InChI=1S/C24H22N4O4/c29-23(18-8-2-1-3-9-18)25-20-11-5-4-10-19(20)24(30)27-16-14-26(15-17-27)21-12-6-7-13-22(21)28(31)32/h1-13H,14-17H2,(H,25,29). The maximum Gasteiger partial charge on any atom is 0.292 e. The van der Waals surface area contributed by atoms with Crippen molar-refractivity contribution in [3.63, 3.8) is 0 Å². The number of amides is 2. The Kier molecular flexibility index (Phi) is 6.12. The summed E-state index contributed by atoms with van der Waals surface area (Å²) < 4.78 is 0. The summed E-state index contributed by atoms with van der Waals surface area (Å²) >= 11 is 0. The number of hydrogen-bond acceptors (Lipinski definition) is 5. The van der Waals surface area contributed by atoms with Gasteiger partial charge in [-0.3, -0.25) is 19.7 Å². The lowest BCUT2D eigenvalue weighted by Crippen LogP contribution is -2.49. The first-order valence-corrected chi connectivity index (χ1v) is 10.3. The molecule has 8 heteroatoms. The van der Waals surface area contributed by atoms with E-state index in [1.807, 2.05) is 11.0 Å². The van der Waals surface area contributed by atoms with Crippen molar-refractivity contribution in [1.82, 2.24) is 4.90 Å². The van der Waals surface area contributed by atoms with E-state index in [-0.39, 0.29) is 17.5 Å². The number of piperazine rings is 1. The second kappa shape index (κ2) is 9.30. The molecule has 1 N–H and O–H groups in total. The Morgan fingerprint density at radius 1 is 0.812 bits per heavy atom. The minimum atomic E-state index is -0.390. The fraction of sp³-hybridized carbons (Fsp3) is 0.167. The summed E-state index contributed by atoms with van der Waals surface area (Å²) in [6.45, 7) is 1.81. The Labute approximate surface area is 185 Å². The fourth-order valence-corrected chi connectivity index (χ4v) is 3.77. The number of hydrogen-bond donors (Lipinski definition) is 1. The van der Waals surface area contributed by atoms with E-state index in [4.69, 9.17) is 0 Å². The van der Waals surface area contributed by atoms with Crippen LogP contribution in [0.3, 0.4) is 0 Å². The Hall–Kier alpha value is -4.20. The number of benzene rings is 3. The topological polar surface area (TPSA) is 95.8 Å². The first kappa shape index (κ1) is 21.0. The van der Waals surface area contributed by atoms with Crippen molar-refractivity contribution in [3.8, 4) is 0 Å². The highest BCUT2D eigenvalue weighted by Crippen LogP contribution is 2.29. The molecule has 0 spiro atoms. The molecule has 0 aliphatic carbocycles. The van der Waals surface area contributed by atoms with Gasteiger partial charge in [0.25, 0.3) is 17.5 Å². The van der Waals surface area contributed by atoms with Crippen molar-refractivity contribution in [1.29, 1.82) is 0 Å². The number of nitro benzene ring substituents is 1. The Balaban J connectivity index is 1.46. The molecular weight excluding hydrogens is 408 g/mol. The van der Waals surface area contributed by atoms with Gasteiger partial charge in [-0.15, -0.1) is 0 Å². The maximum atomic E-state index is 13.2. The molecule has 0 aromatic heterocycles. The molecule has 2 amide bonds. The van der Waals surface area contributed by atoms with Crippen LogP contribution in [-0.4, -0.2) is 47.8 Å². The van der Waals surface area contributed by atoms with Gasteiger partial charge in [0, 0.05) is 37.8 Å². The Bertz CT molecular complexity index is 1140. The second-order valence-corrected chi connectivity index (χ2v) is 7.39. The average Bonchev–Trinajstić information content (AvgIpc) is 2.84. The molecular formula is C24H22N4O4. The van der Waals surface area contributed by atoms with Gasteiger partial charge in [-0.2, -0.15) is 0 Å². The number of anilines is 2. The van der Waals surface area contributed by atoms with Gasteiger partial charge in [0.1, 0.15) is 5.69 Å². The van der Waals surface area contributed by atoms with Crippen molar-refractivity contribution >= 4 is 28.9 Å². The van der Waals surface area contributed by atoms with E-state index in [2.05, 4.69) is 5.32 Å². The van der Waals surface area contributed by atoms with Crippen molar-refractivity contribution in [2.24, 2.45) is 0 Å². The summed E-state index contributed by atoms with van der Waals surface area (Å²) in [6, 6.07) is 22.4. The summed E-state index contributed by atoms with van der Waals surface area (Å²) in [7, 11) is 0. The van der Waals surface area contributed by atoms with Gasteiger partial charge in [-0.1, -0.05) is 42.5 Å². The molecule has 162 valence electrons. The third kappa shape index (κ3) is 4.44. The molecule has 0 unspecified atom stereocenters. The number of nitrogens with zero attached hydrogens (tertiary/aromatic N) is 3. The van der Waals surface area contributed by atoms with E-state index in [1.165, 1.54) is 6.07 Å². The Morgan fingerprint density at radius 2 is 1.44 bits per heavy atom. The van der Waals surface area contributed by atoms with Crippen LogP contribution in [-0.2, 0) is 0 Å². The second-order valence-electron chi connectivity index (χ2n) is 7.39. The molecule has 8 nitrogen and oxygen atoms in total. The maximum absolute atomic E-state index is 13.2. The van der Waals surface area contributed by atoms with E-state index in [0.29, 0.717) is 48.7 Å². The van der Waals surface area contributed by atoms with Crippen LogP contribution in [0.1, 0.15) is 20.7 Å². The van der Waals surface area contributed by atoms with Gasteiger partial charge in [-0.25, -0.2) is 0 Å². The van der Waals surface area contributed by atoms with E-state index in [1.54, 1.807) is 71.6 Å². The van der Waals surface area contributed by atoms with Gasteiger partial charge in [-0.05, 0) is 30.3 Å². The minimum absolute atomic E-state index is 0.0567. The van der Waals surface area contributed by atoms with Crippen LogP contribution >= 0.6 is 0 Å². The molecule has 4 rings (SSSR count). The van der Waals surface area contributed by atoms with Crippen molar-refractivity contribution < 1.29 is 14.5 Å². The predicted molar refractivity (Wildman–Crippen MR) is 122 cm³/mol. The third-order valence-electron chi connectivity index (χ3n) is 5.43. The number of carbonyl (C=O) groups is 2. The smallest absolute Gasteiger partial charge is 0.292 e. The highest BCUT2D eigenvalue weighted by Gasteiger charge is 2.27. The first-order valence-electron chi connectivity index (χ1n) is 10.3. The molecule has 3 aromatic carbocycles. The number of nitro groups is 1. The number of para-hydroxylation sites is 3. The molecule has 1 heterocycles. The van der Waals surface area contributed by atoms with Gasteiger partial charge in [0.2, 0.25) is 0 Å². The monoisotopic (exact) mass is 430 g/mol. The molecule has 0 saturated carbocycles. The molecule has 32 heavy (non-hydrogen) atoms. The summed E-state index contributed by atoms with van der Waals surface area (Å²) in [4.78, 5) is 40.3. The zero-order valence-electron chi connectivity index (χ0n) is 17.3. The molecule has 3 aromatic rings. The van der Waals surface area contributed by atoms with Gasteiger partial charge >= 0.3 is 0 Å². The SMILES string of the molecule is O=C(Nc1ccccc1C(=O)N1CCN(c2ccccc2[N+](=O)[O-])CC1)c1ccccc1. The first-order chi connectivity index (χ1) is 15.5. The Morgan fingerprint density at radius 3 is 2.16 bits per heavy atom. The summed E-state index contributed by atoms with van der Waals surface area (Å²) in [5, 5.41) is 14.2. The number of rotatable bonds is 5. The molecule has 1 aliphatic rings. The normalized spacial score (nSPS) is 13.5. The summed E-state index contributed by atoms with van der Waals surface area (Å²) in [6.07, 6.45) is 0. The summed E-state index contributed by atoms with van der Waals surface area (Å²) in [5.74, 6) is -0.469. The zero-order chi connectivity index (χ0) is 22.5. The minimum Gasteiger partial charge on any atom is -0.362 e. The third-order valence-corrected chi connectivity index (χ3v) is 5.43. The van der Waals surface area contributed by atoms with Crippen LogP contribution < -0.4 is 10.2 Å². The molecule has 0 atom stereocenters. The van der Waals surface area contributed by atoms with E-state index >= 15 is 0 Å². The predicted octanol–water partition coefficient (Wildman–Crippen LogP) is 3.81. The van der Waals surface area contributed by atoms with Crippen LogP contribution in [0.5, 0.6) is 0 Å². The quantitative estimate of drug-likeness (QED) is 0.491. The van der Waals surface area contributed by atoms with Crippen molar-refractivity contribution in [2.45, 2.75) is 0 Å². The highest BCUT2D eigenvalue weighted by molar-refractivity contribution is 6.09. The van der Waals surface area contributed by atoms with Gasteiger partial charge < -0.3 is 15.1 Å². The van der Waals surface area contributed by atoms with Crippen LogP contribution in [0.2, 0.25) is 0 Å². The molecule has 1 aliphatic heterocycles. The van der Waals surface area contributed by atoms with E-state index in [9.17, 15) is 19.7 Å². The molecule has 1 saturated heterocycles. The van der Waals surface area contributed by atoms with Gasteiger partial charge in [0.05, 0.1) is 16.2 Å². The average molecular weight is 430 g/mol. The van der Waals surface area contributed by atoms with Crippen LogP contribution in [0, 0.1) is 10.1 Å². The molecule has 0 radical (unpaired) electrons. The van der Waals surface area contributed by atoms with Gasteiger partial charge in [0.15, 0.2) is 0 Å². The van der Waals surface area contributed by atoms with E-state index < -0.39 is 4.92 Å². The molecule has 0 bridgehead atoms. The van der Waals surface area contributed by atoms with E-state index in [0.717, 1.165) is 0 Å². The van der Waals surface area contributed by atoms with Crippen LogP contribution in [0.4, 0.5) is 17.1 Å². The highest BCUT2D eigenvalue weighted by atomic mass is 16.6. The van der Waals surface area contributed by atoms with Crippen LogP contribution in [0.25, 0.3) is 0 Å². The largest absolute Gasteiger partial charge is 0.362 e. The summed E-state index contributed by atoms with van der Waals surface area (Å²) in [5.41, 5.74) is 1.98. The number of nitrogens with one attached hydrogen (secondary N) is 1. The lowest BCUT2D eigenvalue weighted by atomic mass is 10.1. The van der Waals surface area contributed by atoms with Crippen molar-refractivity contribution in [2.75, 3.05) is 36.4 Å². The lowest BCUT2D eigenvalue weighted by Gasteiger charge is -2.36. The zero-order valence-corrected chi connectivity index (χ0v) is 17.3.